The van der Waals surface area contributed by atoms with Crippen LogP contribution in [-0.2, 0) is 13.0 Å². The van der Waals surface area contributed by atoms with Crippen molar-refractivity contribution in [1.29, 1.82) is 0 Å². The minimum Gasteiger partial charge on any atom is -0.338 e. The van der Waals surface area contributed by atoms with Gasteiger partial charge < -0.3 is 10.6 Å². The number of hydrogen-bond acceptors (Lipinski definition) is 3. The van der Waals surface area contributed by atoms with Crippen LogP contribution in [0.15, 0.2) is 72.4 Å². The Hall–Kier alpha value is -3.12. The summed E-state index contributed by atoms with van der Waals surface area (Å²) in [6, 6.07) is 18.1. The summed E-state index contributed by atoms with van der Waals surface area (Å²) >= 11 is 1.74. The van der Waals surface area contributed by atoms with E-state index in [1.54, 1.807) is 22.2 Å². The van der Waals surface area contributed by atoms with Gasteiger partial charge in [0.25, 0.3) is 0 Å². The maximum absolute atomic E-state index is 12.0. The van der Waals surface area contributed by atoms with Crippen LogP contribution in [0.2, 0.25) is 0 Å². The van der Waals surface area contributed by atoms with Gasteiger partial charge in [-0.1, -0.05) is 36.4 Å². The predicted molar refractivity (Wildman–Crippen MR) is 109 cm³/mol. The summed E-state index contributed by atoms with van der Waals surface area (Å²) in [6.07, 6.45) is 4.52. The number of amides is 2. The van der Waals surface area contributed by atoms with Gasteiger partial charge in [0.1, 0.15) is 0 Å². The molecule has 6 heteroatoms. The van der Waals surface area contributed by atoms with Crippen molar-refractivity contribution in [3.8, 4) is 5.69 Å². The smallest absolute Gasteiger partial charge is 0.315 e. The van der Waals surface area contributed by atoms with Crippen molar-refractivity contribution in [2.75, 3.05) is 6.54 Å². The Morgan fingerprint density at radius 2 is 1.85 bits per heavy atom. The van der Waals surface area contributed by atoms with Gasteiger partial charge in [-0.05, 0) is 40.9 Å². The van der Waals surface area contributed by atoms with E-state index in [1.807, 2.05) is 48.7 Å². The van der Waals surface area contributed by atoms with Crippen LogP contribution in [0.1, 0.15) is 11.1 Å². The van der Waals surface area contributed by atoms with Gasteiger partial charge in [-0.15, -0.1) is 11.3 Å². The maximum Gasteiger partial charge on any atom is 0.315 e. The average molecular weight is 376 g/mol. The van der Waals surface area contributed by atoms with Crippen LogP contribution in [0.5, 0.6) is 0 Å². The van der Waals surface area contributed by atoms with Crippen LogP contribution in [0.4, 0.5) is 4.79 Å². The van der Waals surface area contributed by atoms with E-state index in [4.69, 9.17) is 0 Å². The molecule has 4 rings (SSSR count). The van der Waals surface area contributed by atoms with E-state index in [0.29, 0.717) is 13.1 Å². The van der Waals surface area contributed by atoms with E-state index in [2.05, 4.69) is 33.2 Å². The van der Waals surface area contributed by atoms with Gasteiger partial charge >= 0.3 is 6.03 Å². The molecule has 0 fully saturated rings. The van der Waals surface area contributed by atoms with E-state index < -0.39 is 0 Å². The van der Waals surface area contributed by atoms with Crippen molar-refractivity contribution in [2.45, 2.75) is 13.0 Å². The first-order valence-electron chi connectivity index (χ1n) is 8.85. The molecule has 0 saturated carbocycles. The van der Waals surface area contributed by atoms with Crippen molar-refractivity contribution in [1.82, 2.24) is 20.4 Å². The predicted octanol–water partition coefficient (Wildman–Crippen LogP) is 4.13. The van der Waals surface area contributed by atoms with Gasteiger partial charge in [0.2, 0.25) is 0 Å². The number of thiophene rings is 1. The van der Waals surface area contributed by atoms with Gasteiger partial charge in [-0.25, -0.2) is 9.48 Å². The molecule has 136 valence electrons. The minimum atomic E-state index is -0.165. The van der Waals surface area contributed by atoms with E-state index >= 15 is 0 Å². The third-order valence-electron chi connectivity index (χ3n) is 4.35. The number of carbonyl (C=O) groups is 1. The molecule has 0 saturated heterocycles. The first-order chi connectivity index (χ1) is 13.3. The molecule has 27 heavy (non-hydrogen) atoms. The van der Waals surface area contributed by atoms with E-state index in [-0.39, 0.29) is 6.03 Å². The Bertz CT molecular complexity index is 1040. The second-order valence-electron chi connectivity index (χ2n) is 6.25. The molecule has 0 aliphatic carbocycles. The normalized spacial score (nSPS) is 10.8. The molecule has 0 aliphatic heterocycles. The summed E-state index contributed by atoms with van der Waals surface area (Å²) in [5.41, 5.74) is 3.23. The summed E-state index contributed by atoms with van der Waals surface area (Å²) in [7, 11) is 0. The Balaban J connectivity index is 1.25. The summed E-state index contributed by atoms with van der Waals surface area (Å²) < 4.78 is 3.09. The molecule has 0 spiro atoms. The zero-order valence-electron chi connectivity index (χ0n) is 14.8. The number of aromatic nitrogens is 2. The number of rotatable bonds is 6. The van der Waals surface area contributed by atoms with Crippen molar-refractivity contribution in [3.63, 3.8) is 0 Å². The quantitative estimate of drug-likeness (QED) is 0.532. The maximum atomic E-state index is 12.0. The van der Waals surface area contributed by atoms with Gasteiger partial charge in [-0.3, -0.25) is 0 Å². The lowest BCUT2D eigenvalue weighted by Crippen LogP contribution is -2.36. The summed E-state index contributed by atoms with van der Waals surface area (Å²) in [4.78, 5) is 12.0. The standard InChI is InChI=1S/C21H20N4OS/c26-21(22-11-10-17-15-27-20-9-5-4-8-19(17)20)23-12-16-13-24-25(14-16)18-6-2-1-3-7-18/h1-9,13-15H,10-12H2,(H2,22,23,26). The van der Waals surface area contributed by atoms with E-state index in [9.17, 15) is 4.79 Å². The highest BCUT2D eigenvalue weighted by Crippen LogP contribution is 2.25. The zero-order chi connectivity index (χ0) is 18.5. The Morgan fingerprint density at radius 1 is 1.04 bits per heavy atom. The van der Waals surface area contributed by atoms with Crippen molar-refractivity contribution in [3.05, 3.63) is 83.5 Å². The Kier molecular flexibility index (Phi) is 5.16. The lowest BCUT2D eigenvalue weighted by molar-refractivity contribution is 0.240. The zero-order valence-corrected chi connectivity index (χ0v) is 15.6. The number of hydrogen-bond donors (Lipinski definition) is 2. The van der Waals surface area contributed by atoms with Crippen molar-refractivity contribution >= 4 is 27.5 Å². The largest absolute Gasteiger partial charge is 0.338 e. The molecule has 2 heterocycles. The second kappa shape index (κ2) is 8.05. The van der Waals surface area contributed by atoms with Crippen LogP contribution < -0.4 is 10.6 Å². The number of nitrogens with one attached hydrogen (secondary N) is 2. The monoisotopic (exact) mass is 376 g/mol. The van der Waals surface area contributed by atoms with Crippen molar-refractivity contribution in [2.24, 2.45) is 0 Å². The fourth-order valence-corrected chi connectivity index (χ4v) is 3.95. The van der Waals surface area contributed by atoms with Crippen LogP contribution in [0.3, 0.4) is 0 Å². The van der Waals surface area contributed by atoms with Gasteiger partial charge in [0.05, 0.1) is 11.9 Å². The minimum absolute atomic E-state index is 0.165. The number of urea groups is 1. The SMILES string of the molecule is O=C(NCCc1csc2ccccc12)NCc1cnn(-c2ccccc2)c1. The van der Waals surface area contributed by atoms with Crippen LogP contribution in [0.25, 0.3) is 15.8 Å². The Morgan fingerprint density at radius 3 is 2.74 bits per heavy atom. The highest BCUT2D eigenvalue weighted by molar-refractivity contribution is 7.17. The molecule has 0 unspecified atom stereocenters. The fraction of sp³-hybridized carbons (Fsp3) is 0.143. The van der Waals surface area contributed by atoms with Gasteiger partial charge in [-0.2, -0.15) is 5.10 Å². The average Bonchev–Trinajstić information content (AvgIpc) is 3.35. The van der Waals surface area contributed by atoms with Gasteiger partial charge in [0.15, 0.2) is 0 Å². The molecule has 2 amide bonds. The van der Waals surface area contributed by atoms with Crippen molar-refractivity contribution < 1.29 is 4.79 Å². The first-order valence-corrected chi connectivity index (χ1v) is 9.73. The third-order valence-corrected chi connectivity index (χ3v) is 5.36. The Labute approximate surface area is 161 Å². The van der Waals surface area contributed by atoms with Crippen LogP contribution >= 0.6 is 11.3 Å². The number of carbonyl (C=O) groups excluding carboxylic acids is 1. The third kappa shape index (κ3) is 4.17. The second-order valence-corrected chi connectivity index (χ2v) is 7.16. The molecule has 4 aromatic rings. The van der Waals surface area contributed by atoms with E-state index in [1.165, 1.54) is 15.6 Å². The van der Waals surface area contributed by atoms with Crippen LogP contribution in [-0.4, -0.2) is 22.4 Å². The molecule has 2 aromatic heterocycles. The number of benzene rings is 2. The molecular weight excluding hydrogens is 356 g/mol. The molecular formula is C21H20N4OS. The molecule has 0 radical (unpaired) electrons. The highest BCUT2D eigenvalue weighted by atomic mass is 32.1. The molecule has 0 aliphatic rings. The lowest BCUT2D eigenvalue weighted by atomic mass is 10.1. The summed E-state index contributed by atoms with van der Waals surface area (Å²) in [5, 5.41) is 13.6. The topological polar surface area (TPSA) is 59.0 Å². The highest BCUT2D eigenvalue weighted by Gasteiger charge is 2.06. The van der Waals surface area contributed by atoms with E-state index in [0.717, 1.165) is 17.7 Å². The molecule has 0 bridgehead atoms. The van der Waals surface area contributed by atoms with Crippen LogP contribution in [0, 0.1) is 0 Å². The number of para-hydroxylation sites is 1. The molecule has 2 aromatic carbocycles. The number of fused-ring (bicyclic) bond motifs is 1. The molecule has 5 nitrogen and oxygen atoms in total. The fourth-order valence-electron chi connectivity index (χ4n) is 2.96. The molecule has 2 N–H and O–H groups in total. The first kappa shape index (κ1) is 17.3. The number of nitrogens with zero attached hydrogens (tertiary/aromatic N) is 2. The summed E-state index contributed by atoms with van der Waals surface area (Å²) in [5.74, 6) is 0. The lowest BCUT2D eigenvalue weighted by Gasteiger charge is -2.06. The summed E-state index contributed by atoms with van der Waals surface area (Å²) in [6.45, 7) is 1.05. The van der Waals surface area contributed by atoms with Gasteiger partial charge in [0, 0.05) is 29.5 Å². The molecule has 0 atom stereocenters.